The molecular formula is C16H28N4S. The standard InChI is InChI=1S/C16H28N4S/c1-4-13-10-18-14(21-13)11-19-15(17-6-3)20-12-16(5-2)8-7-9-16/h10H,4-9,11-12H2,1-3H3,(H2,17,19,20). The van der Waals surface area contributed by atoms with Crippen LogP contribution in [0.5, 0.6) is 0 Å². The largest absolute Gasteiger partial charge is 0.357 e. The van der Waals surface area contributed by atoms with Crippen LogP contribution in [0.4, 0.5) is 0 Å². The van der Waals surface area contributed by atoms with Crippen molar-refractivity contribution >= 4 is 17.3 Å². The van der Waals surface area contributed by atoms with E-state index in [9.17, 15) is 0 Å². The SMILES string of the molecule is CCNC(=NCc1ncc(CC)s1)NCC1(CC)CCC1. The number of rotatable bonds is 7. The molecule has 1 aliphatic rings. The van der Waals surface area contributed by atoms with E-state index < -0.39 is 0 Å². The van der Waals surface area contributed by atoms with E-state index in [0.717, 1.165) is 30.5 Å². The topological polar surface area (TPSA) is 49.3 Å². The quantitative estimate of drug-likeness (QED) is 0.600. The molecule has 0 aromatic carbocycles. The maximum atomic E-state index is 4.67. The van der Waals surface area contributed by atoms with Crippen LogP contribution in [0.2, 0.25) is 0 Å². The molecule has 1 aliphatic carbocycles. The molecular weight excluding hydrogens is 280 g/mol. The molecule has 1 saturated carbocycles. The first-order chi connectivity index (χ1) is 10.2. The highest BCUT2D eigenvalue weighted by Gasteiger charge is 2.34. The first-order valence-corrected chi connectivity index (χ1v) is 8.98. The second kappa shape index (κ2) is 7.78. The molecule has 1 aromatic heterocycles. The van der Waals surface area contributed by atoms with Crippen molar-refractivity contribution in [2.75, 3.05) is 13.1 Å². The highest BCUT2D eigenvalue weighted by Crippen LogP contribution is 2.42. The van der Waals surface area contributed by atoms with E-state index in [2.05, 4.69) is 41.4 Å². The van der Waals surface area contributed by atoms with Crippen LogP contribution < -0.4 is 10.6 Å². The summed E-state index contributed by atoms with van der Waals surface area (Å²) in [5, 5.41) is 7.95. The number of hydrogen-bond donors (Lipinski definition) is 2. The van der Waals surface area contributed by atoms with Crippen molar-refractivity contribution in [3.05, 3.63) is 16.1 Å². The van der Waals surface area contributed by atoms with Gasteiger partial charge in [0.05, 0.1) is 6.54 Å². The minimum Gasteiger partial charge on any atom is -0.357 e. The maximum Gasteiger partial charge on any atom is 0.191 e. The number of nitrogens with one attached hydrogen (secondary N) is 2. The van der Waals surface area contributed by atoms with Gasteiger partial charge in [-0.2, -0.15) is 0 Å². The van der Waals surface area contributed by atoms with Gasteiger partial charge in [0.1, 0.15) is 5.01 Å². The highest BCUT2D eigenvalue weighted by molar-refractivity contribution is 7.11. The molecule has 0 spiro atoms. The van der Waals surface area contributed by atoms with Crippen LogP contribution in [0, 0.1) is 5.41 Å². The van der Waals surface area contributed by atoms with Crippen molar-refractivity contribution in [1.29, 1.82) is 0 Å². The Hall–Kier alpha value is -1.10. The fraction of sp³-hybridized carbons (Fsp3) is 0.750. The van der Waals surface area contributed by atoms with E-state index >= 15 is 0 Å². The van der Waals surface area contributed by atoms with Crippen LogP contribution >= 0.6 is 11.3 Å². The van der Waals surface area contributed by atoms with Crippen LogP contribution in [0.15, 0.2) is 11.2 Å². The van der Waals surface area contributed by atoms with Gasteiger partial charge in [0.25, 0.3) is 0 Å². The predicted octanol–water partition coefficient (Wildman–Crippen LogP) is 3.34. The van der Waals surface area contributed by atoms with Gasteiger partial charge >= 0.3 is 0 Å². The van der Waals surface area contributed by atoms with Crippen molar-refractivity contribution in [2.45, 2.75) is 59.4 Å². The molecule has 2 rings (SSSR count). The molecule has 0 aliphatic heterocycles. The van der Waals surface area contributed by atoms with Gasteiger partial charge in [-0.1, -0.05) is 20.3 Å². The molecule has 1 heterocycles. The molecule has 0 unspecified atom stereocenters. The molecule has 118 valence electrons. The van der Waals surface area contributed by atoms with Gasteiger partial charge < -0.3 is 10.6 Å². The number of nitrogens with zero attached hydrogens (tertiary/aromatic N) is 2. The summed E-state index contributed by atoms with van der Waals surface area (Å²) in [6.45, 7) is 9.16. The normalized spacial score (nSPS) is 17.4. The second-order valence-electron chi connectivity index (χ2n) is 5.83. The Labute approximate surface area is 132 Å². The summed E-state index contributed by atoms with van der Waals surface area (Å²) in [6.07, 6.45) is 8.35. The monoisotopic (exact) mass is 308 g/mol. The Morgan fingerprint density at radius 2 is 2.14 bits per heavy atom. The van der Waals surface area contributed by atoms with Gasteiger partial charge in [-0.05, 0) is 38.0 Å². The van der Waals surface area contributed by atoms with Crippen LogP contribution in [-0.4, -0.2) is 24.0 Å². The van der Waals surface area contributed by atoms with Crippen LogP contribution in [0.25, 0.3) is 0 Å². The zero-order valence-corrected chi connectivity index (χ0v) is 14.4. The minimum atomic E-state index is 0.507. The van der Waals surface area contributed by atoms with Crippen molar-refractivity contribution in [3.63, 3.8) is 0 Å². The average Bonchev–Trinajstić information content (AvgIpc) is 2.92. The van der Waals surface area contributed by atoms with E-state index in [1.165, 1.54) is 30.6 Å². The summed E-state index contributed by atoms with van der Waals surface area (Å²) in [4.78, 5) is 10.4. The molecule has 1 aromatic rings. The lowest BCUT2D eigenvalue weighted by molar-refractivity contribution is 0.131. The molecule has 0 radical (unpaired) electrons. The predicted molar refractivity (Wildman–Crippen MR) is 90.9 cm³/mol. The van der Waals surface area contributed by atoms with E-state index in [1.54, 1.807) is 11.3 Å². The first-order valence-electron chi connectivity index (χ1n) is 8.17. The van der Waals surface area contributed by atoms with Gasteiger partial charge in [-0.15, -0.1) is 11.3 Å². The lowest BCUT2D eigenvalue weighted by Gasteiger charge is -2.41. The van der Waals surface area contributed by atoms with Crippen molar-refractivity contribution < 1.29 is 0 Å². The van der Waals surface area contributed by atoms with Crippen LogP contribution in [-0.2, 0) is 13.0 Å². The molecule has 2 N–H and O–H groups in total. The maximum absolute atomic E-state index is 4.67. The van der Waals surface area contributed by atoms with Crippen molar-refractivity contribution in [3.8, 4) is 0 Å². The molecule has 1 fully saturated rings. The highest BCUT2D eigenvalue weighted by atomic mass is 32.1. The van der Waals surface area contributed by atoms with Gasteiger partial charge in [0.2, 0.25) is 0 Å². The lowest BCUT2D eigenvalue weighted by Crippen LogP contribution is -2.46. The number of thiazole rings is 1. The van der Waals surface area contributed by atoms with Crippen molar-refractivity contribution in [2.24, 2.45) is 10.4 Å². The van der Waals surface area contributed by atoms with E-state index in [4.69, 9.17) is 0 Å². The molecule has 0 amide bonds. The van der Waals surface area contributed by atoms with Gasteiger partial charge in [0, 0.05) is 24.2 Å². The first kappa shape index (κ1) is 16.3. The molecule has 21 heavy (non-hydrogen) atoms. The summed E-state index contributed by atoms with van der Waals surface area (Å²) < 4.78 is 0. The third-order valence-corrected chi connectivity index (χ3v) is 5.59. The van der Waals surface area contributed by atoms with Crippen molar-refractivity contribution in [1.82, 2.24) is 15.6 Å². The fourth-order valence-corrected chi connectivity index (χ4v) is 3.46. The lowest BCUT2D eigenvalue weighted by atomic mass is 9.67. The minimum absolute atomic E-state index is 0.507. The molecule has 0 bridgehead atoms. The van der Waals surface area contributed by atoms with Gasteiger partial charge in [-0.25, -0.2) is 9.98 Å². The zero-order chi connectivity index (χ0) is 15.1. The van der Waals surface area contributed by atoms with Crippen LogP contribution in [0.1, 0.15) is 56.3 Å². The third kappa shape index (κ3) is 4.43. The number of aryl methyl sites for hydroxylation is 1. The number of guanidine groups is 1. The molecule has 0 atom stereocenters. The summed E-state index contributed by atoms with van der Waals surface area (Å²) in [7, 11) is 0. The summed E-state index contributed by atoms with van der Waals surface area (Å²) in [5.74, 6) is 0.922. The molecule has 5 heteroatoms. The summed E-state index contributed by atoms with van der Waals surface area (Å²) in [6, 6.07) is 0. The Balaban J connectivity index is 1.89. The van der Waals surface area contributed by atoms with Gasteiger partial charge in [0.15, 0.2) is 5.96 Å². The number of hydrogen-bond acceptors (Lipinski definition) is 3. The zero-order valence-electron chi connectivity index (χ0n) is 13.5. The van der Waals surface area contributed by atoms with E-state index in [1.807, 2.05) is 6.20 Å². The Kier molecular flexibility index (Phi) is 6.03. The van der Waals surface area contributed by atoms with Gasteiger partial charge in [-0.3, -0.25) is 0 Å². The Morgan fingerprint density at radius 3 is 2.67 bits per heavy atom. The molecule has 4 nitrogen and oxygen atoms in total. The summed E-state index contributed by atoms with van der Waals surface area (Å²) in [5.41, 5.74) is 0.507. The fourth-order valence-electron chi connectivity index (χ4n) is 2.68. The van der Waals surface area contributed by atoms with Crippen LogP contribution in [0.3, 0.4) is 0 Å². The number of aromatic nitrogens is 1. The number of aliphatic imine (C=N–C) groups is 1. The summed E-state index contributed by atoms with van der Waals surface area (Å²) >= 11 is 1.76. The second-order valence-corrected chi connectivity index (χ2v) is 7.03. The smallest absolute Gasteiger partial charge is 0.191 e. The third-order valence-electron chi connectivity index (χ3n) is 4.46. The Morgan fingerprint density at radius 1 is 1.33 bits per heavy atom. The van der Waals surface area contributed by atoms with E-state index in [-0.39, 0.29) is 0 Å². The average molecular weight is 308 g/mol. The molecule has 0 saturated heterocycles. The van der Waals surface area contributed by atoms with E-state index in [0.29, 0.717) is 12.0 Å². The Bertz CT molecular complexity index is 457.